The number of fused-ring (bicyclic) bond motifs is 1. The smallest absolute Gasteiger partial charge is 0.407 e. The summed E-state index contributed by atoms with van der Waals surface area (Å²) in [7, 11) is 0. The average Bonchev–Trinajstić information content (AvgIpc) is 3.31. The number of amides is 2. The number of alkyl carbamates (subject to hydrolysis) is 1. The van der Waals surface area contributed by atoms with Crippen molar-refractivity contribution in [1.29, 1.82) is 0 Å². The second kappa shape index (κ2) is 9.61. The van der Waals surface area contributed by atoms with Crippen molar-refractivity contribution in [3.63, 3.8) is 0 Å². The molecule has 0 saturated carbocycles. The predicted octanol–water partition coefficient (Wildman–Crippen LogP) is 4.29. The van der Waals surface area contributed by atoms with Crippen LogP contribution in [0.1, 0.15) is 61.6 Å². The third-order valence-electron chi connectivity index (χ3n) is 5.39. The van der Waals surface area contributed by atoms with Gasteiger partial charge in [-0.1, -0.05) is 24.6 Å². The SMILES string of the molecule is CCCn1c(C)nnc1-c1cccc(N2Cc3c(cc(Cl)nc3CNC(=O)OC(C)(C)C)C2=O)n1. The van der Waals surface area contributed by atoms with E-state index in [1.54, 1.807) is 37.8 Å². The number of aromatic nitrogens is 5. The molecule has 1 N–H and O–H groups in total. The van der Waals surface area contributed by atoms with Gasteiger partial charge in [0.25, 0.3) is 5.91 Å². The van der Waals surface area contributed by atoms with Crippen molar-refractivity contribution >= 4 is 29.4 Å². The molecule has 0 spiro atoms. The van der Waals surface area contributed by atoms with E-state index in [-0.39, 0.29) is 24.1 Å². The zero-order valence-electron chi connectivity index (χ0n) is 20.4. The molecule has 35 heavy (non-hydrogen) atoms. The van der Waals surface area contributed by atoms with E-state index >= 15 is 0 Å². The molecule has 10 nitrogen and oxygen atoms in total. The monoisotopic (exact) mass is 497 g/mol. The maximum Gasteiger partial charge on any atom is 0.407 e. The number of carbonyl (C=O) groups excluding carboxylic acids is 2. The number of nitrogens with one attached hydrogen (secondary N) is 1. The summed E-state index contributed by atoms with van der Waals surface area (Å²) in [5.74, 6) is 1.71. The second-order valence-corrected chi connectivity index (χ2v) is 9.66. The van der Waals surface area contributed by atoms with Gasteiger partial charge in [0.05, 0.1) is 18.8 Å². The van der Waals surface area contributed by atoms with Crippen LogP contribution in [0.15, 0.2) is 24.3 Å². The fraction of sp³-hybridized carbons (Fsp3) is 0.417. The normalized spacial score (nSPS) is 13.2. The summed E-state index contributed by atoms with van der Waals surface area (Å²) >= 11 is 6.20. The molecule has 1 aliphatic rings. The van der Waals surface area contributed by atoms with E-state index in [4.69, 9.17) is 21.3 Å². The van der Waals surface area contributed by atoms with Gasteiger partial charge in [-0.25, -0.2) is 14.8 Å². The van der Waals surface area contributed by atoms with E-state index in [2.05, 4.69) is 27.4 Å². The number of carbonyl (C=O) groups is 2. The van der Waals surface area contributed by atoms with Crippen molar-refractivity contribution < 1.29 is 14.3 Å². The van der Waals surface area contributed by atoms with Gasteiger partial charge in [-0.3, -0.25) is 9.69 Å². The first-order valence-corrected chi connectivity index (χ1v) is 11.8. The zero-order valence-corrected chi connectivity index (χ0v) is 21.2. The summed E-state index contributed by atoms with van der Waals surface area (Å²) in [6, 6.07) is 7.00. The van der Waals surface area contributed by atoms with E-state index < -0.39 is 11.7 Å². The zero-order chi connectivity index (χ0) is 25.3. The van der Waals surface area contributed by atoms with Crippen LogP contribution in [-0.4, -0.2) is 42.3 Å². The van der Waals surface area contributed by atoms with Gasteiger partial charge in [0, 0.05) is 17.7 Å². The van der Waals surface area contributed by atoms with Gasteiger partial charge >= 0.3 is 6.09 Å². The van der Waals surface area contributed by atoms with Gasteiger partial charge in [-0.2, -0.15) is 0 Å². The summed E-state index contributed by atoms with van der Waals surface area (Å²) in [6.07, 6.45) is 0.356. The molecule has 0 fully saturated rings. The van der Waals surface area contributed by atoms with Gasteiger partial charge in [0.2, 0.25) is 0 Å². The second-order valence-electron chi connectivity index (χ2n) is 9.27. The number of halogens is 1. The Bertz CT molecular complexity index is 1280. The highest BCUT2D eigenvalue weighted by atomic mass is 35.5. The van der Waals surface area contributed by atoms with Crippen LogP contribution >= 0.6 is 11.6 Å². The summed E-state index contributed by atoms with van der Waals surface area (Å²) < 4.78 is 7.30. The molecular formula is C24H28ClN7O3. The lowest BCUT2D eigenvalue weighted by Crippen LogP contribution is -2.32. The Morgan fingerprint density at radius 3 is 2.71 bits per heavy atom. The third kappa shape index (κ3) is 5.27. The van der Waals surface area contributed by atoms with Gasteiger partial charge in [0.1, 0.15) is 28.1 Å². The quantitative estimate of drug-likeness (QED) is 0.505. The van der Waals surface area contributed by atoms with Crippen LogP contribution in [-0.2, 0) is 24.4 Å². The van der Waals surface area contributed by atoms with E-state index in [9.17, 15) is 9.59 Å². The molecular weight excluding hydrogens is 470 g/mol. The highest BCUT2D eigenvalue weighted by molar-refractivity contribution is 6.30. The standard InChI is InChI=1S/C24H28ClN7O3/c1-6-10-31-14(2)29-30-21(31)17-8-7-9-20(28-17)32-13-16-15(22(32)33)11-19(25)27-18(16)12-26-23(34)35-24(3,4)5/h7-9,11H,6,10,12-13H2,1-5H3,(H,26,34). The summed E-state index contributed by atoms with van der Waals surface area (Å²) in [6.45, 7) is 10.4. The fourth-order valence-electron chi connectivity index (χ4n) is 3.89. The molecule has 0 saturated heterocycles. The van der Waals surface area contributed by atoms with Crippen molar-refractivity contribution in [2.75, 3.05) is 4.90 Å². The maximum atomic E-state index is 13.3. The van der Waals surface area contributed by atoms with E-state index in [1.165, 1.54) is 0 Å². The minimum atomic E-state index is -0.628. The Balaban J connectivity index is 1.60. The van der Waals surface area contributed by atoms with Crippen LogP contribution < -0.4 is 10.2 Å². The van der Waals surface area contributed by atoms with Crippen molar-refractivity contribution in [3.05, 3.63) is 52.1 Å². The van der Waals surface area contributed by atoms with Crippen molar-refractivity contribution in [3.8, 4) is 11.5 Å². The highest BCUT2D eigenvalue weighted by Crippen LogP contribution is 2.31. The molecule has 184 valence electrons. The molecule has 0 unspecified atom stereocenters. The van der Waals surface area contributed by atoms with Gasteiger partial charge < -0.3 is 14.6 Å². The Morgan fingerprint density at radius 2 is 2.00 bits per heavy atom. The molecule has 0 radical (unpaired) electrons. The first kappa shape index (κ1) is 24.6. The average molecular weight is 498 g/mol. The van der Waals surface area contributed by atoms with Crippen LogP contribution in [0.5, 0.6) is 0 Å². The highest BCUT2D eigenvalue weighted by Gasteiger charge is 2.33. The Kier molecular flexibility index (Phi) is 6.75. The molecule has 11 heteroatoms. The van der Waals surface area contributed by atoms with Crippen LogP contribution in [0, 0.1) is 6.92 Å². The van der Waals surface area contributed by atoms with E-state index in [1.807, 2.05) is 23.6 Å². The summed E-state index contributed by atoms with van der Waals surface area (Å²) in [5.41, 5.74) is 1.62. The molecule has 0 aromatic carbocycles. The topological polar surface area (TPSA) is 115 Å². The lowest BCUT2D eigenvalue weighted by molar-refractivity contribution is 0.0522. The van der Waals surface area contributed by atoms with Crippen LogP contribution in [0.25, 0.3) is 11.5 Å². The first-order chi connectivity index (χ1) is 16.6. The predicted molar refractivity (Wildman–Crippen MR) is 131 cm³/mol. The molecule has 2 amide bonds. The maximum absolute atomic E-state index is 13.3. The number of ether oxygens (including phenoxy) is 1. The number of nitrogens with zero attached hydrogens (tertiary/aromatic N) is 6. The molecule has 4 rings (SSSR count). The molecule has 0 atom stereocenters. The number of pyridine rings is 2. The number of hydrogen-bond donors (Lipinski definition) is 1. The number of anilines is 1. The largest absolute Gasteiger partial charge is 0.444 e. The van der Waals surface area contributed by atoms with Gasteiger partial charge in [0.15, 0.2) is 5.82 Å². The lowest BCUT2D eigenvalue weighted by atomic mass is 10.1. The van der Waals surface area contributed by atoms with E-state index in [0.717, 1.165) is 18.8 Å². The minimum absolute atomic E-state index is 0.0752. The van der Waals surface area contributed by atoms with Crippen LogP contribution in [0.2, 0.25) is 5.15 Å². The minimum Gasteiger partial charge on any atom is -0.444 e. The summed E-state index contributed by atoms with van der Waals surface area (Å²) in [4.78, 5) is 36.1. The molecule has 3 aromatic rings. The van der Waals surface area contributed by atoms with Crippen LogP contribution in [0.3, 0.4) is 0 Å². The molecule has 1 aliphatic heterocycles. The van der Waals surface area contributed by atoms with E-state index in [0.29, 0.717) is 34.2 Å². The number of aryl methyl sites for hydroxylation is 1. The molecule has 0 aliphatic carbocycles. The Hall–Kier alpha value is -3.53. The third-order valence-corrected chi connectivity index (χ3v) is 5.59. The Morgan fingerprint density at radius 1 is 1.23 bits per heavy atom. The molecule has 0 bridgehead atoms. The van der Waals surface area contributed by atoms with Crippen molar-refractivity contribution in [2.24, 2.45) is 0 Å². The van der Waals surface area contributed by atoms with Gasteiger partial charge in [-0.05, 0) is 52.3 Å². The molecule has 3 aromatic heterocycles. The number of hydrogen-bond acceptors (Lipinski definition) is 7. The Labute approximate surface area is 208 Å². The molecule has 4 heterocycles. The van der Waals surface area contributed by atoms with Crippen LogP contribution in [0.4, 0.5) is 10.6 Å². The lowest BCUT2D eigenvalue weighted by Gasteiger charge is -2.20. The summed E-state index contributed by atoms with van der Waals surface area (Å²) in [5, 5.41) is 11.3. The number of rotatable bonds is 6. The van der Waals surface area contributed by atoms with Crippen molar-refractivity contribution in [2.45, 2.75) is 66.3 Å². The fourth-order valence-corrected chi connectivity index (χ4v) is 4.11. The first-order valence-electron chi connectivity index (χ1n) is 11.4. The van der Waals surface area contributed by atoms with Crippen molar-refractivity contribution in [1.82, 2.24) is 30.0 Å². The van der Waals surface area contributed by atoms with Gasteiger partial charge in [-0.15, -0.1) is 10.2 Å².